The molecule has 7 atom stereocenters. The maximum Gasteiger partial charge on any atom is 0.186 e. The quantitative estimate of drug-likeness (QED) is 0.142. The summed E-state index contributed by atoms with van der Waals surface area (Å²) in [6.07, 6.45) is 12.2. The van der Waals surface area contributed by atoms with E-state index < -0.39 is 49.5 Å². The van der Waals surface area contributed by atoms with Gasteiger partial charge in [-0.2, -0.15) is 0 Å². The van der Waals surface area contributed by atoms with E-state index in [2.05, 4.69) is 19.1 Å². The first kappa shape index (κ1) is 29.2. The monoisotopic (exact) mass is 459 g/mol. The first-order chi connectivity index (χ1) is 15.4. The molecule has 0 saturated carbocycles. The molecule has 0 aromatic rings. The van der Waals surface area contributed by atoms with E-state index in [-0.39, 0.29) is 6.61 Å². The number of hydrogen-bond donors (Lipinski definition) is 6. The molecule has 0 aromatic heterocycles. The summed E-state index contributed by atoms with van der Waals surface area (Å²) in [7, 11) is 0. The molecule has 1 fully saturated rings. The minimum atomic E-state index is -1.51. The van der Waals surface area contributed by atoms with Crippen LogP contribution in [0.2, 0.25) is 0 Å². The lowest BCUT2D eigenvalue weighted by Gasteiger charge is -2.39. The van der Waals surface area contributed by atoms with Gasteiger partial charge in [0.05, 0.1) is 25.4 Å². The number of ether oxygens (including phenoxy) is 2. The standard InChI is InChI=1S/C24H45NO7/c1-2-3-4-5-6-7-8-9-10-11-12-13-14-15-19(27)18(25)17-31-24-23(30)22(29)21(28)20(16-26)32-24/h10-11,14-15,18-24,26-30H,2-9,12-13,16-17,25H2,1H3/b11-10+,15-14+/t18-,19-,20+,21+,22-,23+,24+/m0/s1. The van der Waals surface area contributed by atoms with Crippen LogP contribution in [0.5, 0.6) is 0 Å². The van der Waals surface area contributed by atoms with Crippen molar-refractivity contribution >= 4 is 0 Å². The summed E-state index contributed by atoms with van der Waals surface area (Å²) in [6, 6.07) is -0.758. The summed E-state index contributed by atoms with van der Waals surface area (Å²) in [5.41, 5.74) is 5.92. The molecule has 188 valence electrons. The van der Waals surface area contributed by atoms with Gasteiger partial charge in [0, 0.05) is 0 Å². The van der Waals surface area contributed by atoms with E-state index >= 15 is 0 Å². The third-order valence-electron chi connectivity index (χ3n) is 5.71. The fraction of sp³-hybridized carbons (Fsp3) is 0.833. The zero-order valence-electron chi connectivity index (χ0n) is 19.5. The van der Waals surface area contributed by atoms with Crippen LogP contribution in [-0.2, 0) is 9.47 Å². The predicted molar refractivity (Wildman–Crippen MR) is 124 cm³/mol. The van der Waals surface area contributed by atoms with Crippen molar-refractivity contribution in [2.45, 2.75) is 114 Å². The van der Waals surface area contributed by atoms with Gasteiger partial charge in [0.15, 0.2) is 6.29 Å². The first-order valence-corrected chi connectivity index (χ1v) is 12.1. The lowest BCUT2D eigenvalue weighted by molar-refractivity contribution is -0.302. The summed E-state index contributed by atoms with van der Waals surface area (Å²) < 4.78 is 10.6. The Morgan fingerprint density at radius 3 is 2.19 bits per heavy atom. The highest BCUT2D eigenvalue weighted by Crippen LogP contribution is 2.22. The highest BCUT2D eigenvalue weighted by molar-refractivity contribution is 4.96. The van der Waals surface area contributed by atoms with E-state index in [1.807, 2.05) is 6.08 Å². The number of allylic oxidation sites excluding steroid dienone is 3. The molecule has 0 aliphatic carbocycles. The van der Waals surface area contributed by atoms with Crippen molar-refractivity contribution in [3.05, 3.63) is 24.3 Å². The highest BCUT2D eigenvalue weighted by atomic mass is 16.7. The van der Waals surface area contributed by atoms with Gasteiger partial charge in [-0.05, 0) is 25.7 Å². The van der Waals surface area contributed by atoms with Crippen LogP contribution in [0.15, 0.2) is 24.3 Å². The predicted octanol–water partition coefficient (Wildman–Crippen LogP) is 1.52. The van der Waals surface area contributed by atoms with Crippen molar-refractivity contribution < 1.29 is 35.0 Å². The van der Waals surface area contributed by atoms with Gasteiger partial charge in [-0.1, -0.05) is 69.8 Å². The van der Waals surface area contributed by atoms with Crippen LogP contribution in [0.3, 0.4) is 0 Å². The molecule has 0 unspecified atom stereocenters. The number of hydrogen-bond acceptors (Lipinski definition) is 8. The second kappa shape index (κ2) is 17.6. The number of nitrogens with two attached hydrogens (primary N) is 1. The third kappa shape index (κ3) is 11.3. The van der Waals surface area contributed by atoms with Gasteiger partial charge >= 0.3 is 0 Å². The van der Waals surface area contributed by atoms with Gasteiger partial charge < -0.3 is 40.7 Å². The molecular formula is C24H45NO7. The molecule has 1 heterocycles. The van der Waals surface area contributed by atoms with E-state index in [9.17, 15) is 25.5 Å². The fourth-order valence-electron chi connectivity index (χ4n) is 3.54. The zero-order valence-corrected chi connectivity index (χ0v) is 19.5. The van der Waals surface area contributed by atoms with Gasteiger partial charge in [0.1, 0.15) is 24.4 Å². The van der Waals surface area contributed by atoms with Gasteiger partial charge in [0.25, 0.3) is 0 Å². The Kier molecular flexibility index (Phi) is 16.1. The Hall–Kier alpha value is -0.840. The summed E-state index contributed by atoms with van der Waals surface area (Å²) in [6.45, 7) is 1.57. The van der Waals surface area contributed by atoms with Gasteiger partial charge in [-0.25, -0.2) is 0 Å². The molecule has 7 N–H and O–H groups in total. The molecule has 1 rings (SSSR count). The molecule has 1 saturated heterocycles. The van der Waals surface area contributed by atoms with Crippen LogP contribution in [0.4, 0.5) is 0 Å². The average molecular weight is 460 g/mol. The van der Waals surface area contributed by atoms with Crippen LogP contribution >= 0.6 is 0 Å². The second-order valence-electron chi connectivity index (χ2n) is 8.57. The van der Waals surface area contributed by atoms with Crippen molar-refractivity contribution in [2.75, 3.05) is 13.2 Å². The van der Waals surface area contributed by atoms with Crippen molar-refractivity contribution in [1.82, 2.24) is 0 Å². The molecule has 0 aromatic carbocycles. The van der Waals surface area contributed by atoms with E-state index in [4.69, 9.17) is 15.2 Å². The number of aliphatic hydroxyl groups excluding tert-OH is 5. The maximum atomic E-state index is 10.1. The second-order valence-corrected chi connectivity index (χ2v) is 8.57. The molecule has 0 amide bonds. The van der Waals surface area contributed by atoms with Crippen LogP contribution in [0.25, 0.3) is 0 Å². The average Bonchev–Trinajstić information content (AvgIpc) is 2.79. The summed E-state index contributed by atoms with van der Waals surface area (Å²) in [4.78, 5) is 0. The number of aliphatic hydroxyl groups is 5. The number of unbranched alkanes of at least 4 members (excludes halogenated alkanes) is 8. The fourth-order valence-corrected chi connectivity index (χ4v) is 3.54. The Morgan fingerprint density at radius 1 is 0.875 bits per heavy atom. The Morgan fingerprint density at radius 2 is 1.50 bits per heavy atom. The van der Waals surface area contributed by atoms with Gasteiger partial charge in [-0.3, -0.25) is 0 Å². The zero-order chi connectivity index (χ0) is 23.8. The molecule has 0 bridgehead atoms. The normalized spacial score (nSPS) is 28.5. The van der Waals surface area contributed by atoms with Gasteiger partial charge in [0.2, 0.25) is 0 Å². The molecule has 8 nitrogen and oxygen atoms in total. The lowest BCUT2D eigenvalue weighted by atomic mass is 9.99. The maximum absolute atomic E-state index is 10.1. The number of rotatable bonds is 17. The minimum Gasteiger partial charge on any atom is -0.394 e. The molecular weight excluding hydrogens is 414 g/mol. The Balaban J connectivity index is 2.16. The highest BCUT2D eigenvalue weighted by Gasteiger charge is 2.44. The SMILES string of the molecule is CCCCCCCCC/C=C/CC/C=C/[C@H](O)[C@@H](N)CO[C@@H]1O[C@H](CO)[C@@H](O)[C@H](O)[C@H]1O. The van der Waals surface area contributed by atoms with Crippen LogP contribution in [0.1, 0.15) is 71.1 Å². The first-order valence-electron chi connectivity index (χ1n) is 12.1. The summed E-state index contributed by atoms with van der Waals surface area (Å²) in [5, 5.41) is 48.8. The summed E-state index contributed by atoms with van der Waals surface area (Å²) in [5.74, 6) is 0. The molecule has 32 heavy (non-hydrogen) atoms. The Labute approximate surface area is 192 Å². The van der Waals surface area contributed by atoms with Crippen LogP contribution < -0.4 is 5.73 Å². The lowest BCUT2D eigenvalue weighted by Crippen LogP contribution is -2.59. The Bertz CT molecular complexity index is 515. The van der Waals surface area contributed by atoms with Crippen LogP contribution in [-0.4, -0.2) is 81.6 Å². The van der Waals surface area contributed by atoms with E-state index in [0.29, 0.717) is 0 Å². The van der Waals surface area contributed by atoms with Crippen molar-refractivity contribution in [2.24, 2.45) is 5.73 Å². The van der Waals surface area contributed by atoms with E-state index in [1.165, 1.54) is 44.9 Å². The molecule has 0 radical (unpaired) electrons. The van der Waals surface area contributed by atoms with Gasteiger partial charge in [-0.15, -0.1) is 0 Å². The molecule has 1 aliphatic rings. The minimum absolute atomic E-state index is 0.132. The molecule has 8 heteroatoms. The van der Waals surface area contributed by atoms with Crippen molar-refractivity contribution in [3.8, 4) is 0 Å². The van der Waals surface area contributed by atoms with Crippen molar-refractivity contribution in [1.29, 1.82) is 0 Å². The van der Waals surface area contributed by atoms with E-state index in [0.717, 1.165) is 19.3 Å². The van der Waals surface area contributed by atoms with E-state index in [1.54, 1.807) is 6.08 Å². The molecule has 0 spiro atoms. The largest absolute Gasteiger partial charge is 0.394 e. The third-order valence-corrected chi connectivity index (χ3v) is 5.71. The van der Waals surface area contributed by atoms with Crippen molar-refractivity contribution in [3.63, 3.8) is 0 Å². The topological polar surface area (TPSA) is 146 Å². The molecule has 1 aliphatic heterocycles. The summed E-state index contributed by atoms with van der Waals surface area (Å²) >= 11 is 0. The van der Waals surface area contributed by atoms with Crippen LogP contribution in [0, 0.1) is 0 Å². The smallest absolute Gasteiger partial charge is 0.186 e.